The van der Waals surface area contributed by atoms with Crippen LogP contribution in [0.4, 0.5) is 0 Å². The van der Waals surface area contributed by atoms with Crippen LogP contribution in [0.2, 0.25) is 0 Å². The predicted octanol–water partition coefficient (Wildman–Crippen LogP) is 2.29. The summed E-state index contributed by atoms with van der Waals surface area (Å²) in [4.78, 5) is 4.29. The third kappa shape index (κ3) is 3.07. The molecule has 90 valence electrons. The van der Waals surface area contributed by atoms with Crippen molar-refractivity contribution in [3.63, 3.8) is 0 Å². The van der Waals surface area contributed by atoms with Crippen LogP contribution in [-0.4, -0.2) is 10.1 Å². The zero-order valence-corrected chi connectivity index (χ0v) is 10.0. The maximum atomic E-state index is 9.15. The highest BCUT2D eigenvalue weighted by molar-refractivity contribution is 5.25. The number of aromatic hydroxyl groups is 1. The number of nitrogens with zero attached hydrogens (tertiary/aromatic N) is 1. The van der Waals surface area contributed by atoms with Crippen molar-refractivity contribution in [1.29, 1.82) is 0 Å². The molecule has 1 aromatic carbocycles. The minimum Gasteiger partial charge on any atom is -0.508 e. The molecule has 0 aliphatic heterocycles. The lowest BCUT2D eigenvalue weighted by Crippen LogP contribution is -2.12. The van der Waals surface area contributed by atoms with Gasteiger partial charge < -0.3 is 14.8 Å². The number of rotatable bonds is 4. The average Bonchev–Trinajstić information content (AvgIpc) is 2.61. The molecule has 0 radical (unpaired) electrons. The Morgan fingerprint density at radius 1 is 1.18 bits per heavy atom. The van der Waals surface area contributed by atoms with Crippen molar-refractivity contribution in [3.05, 3.63) is 47.2 Å². The highest BCUT2D eigenvalue weighted by Crippen LogP contribution is 2.10. The van der Waals surface area contributed by atoms with E-state index in [1.54, 1.807) is 12.1 Å². The van der Waals surface area contributed by atoms with E-state index >= 15 is 0 Å². The smallest absolute Gasteiger partial charge is 0.208 e. The summed E-state index contributed by atoms with van der Waals surface area (Å²) in [5.41, 5.74) is 2.05. The largest absolute Gasteiger partial charge is 0.508 e. The van der Waals surface area contributed by atoms with Crippen LogP contribution in [0, 0.1) is 13.8 Å². The molecule has 0 spiro atoms. The molecule has 0 saturated carbocycles. The van der Waals surface area contributed by atoms with Crippen LogP contribution < -0.4 is 5.32 Å². The number of phenolic OH excluding ortho intramolecular Hbond substituents is 1. The highest BCUT2D eigenvalue weighted by atomic mass is 16.4. The van der Waals surface area contributed by atoms with Gasteiger partial charge in [-0.15, -0.1) is 0 Å². The molecule has 2 N–H and O–H groups in total. The summed E-state index contributed by atoms with van der Waals surface area (Å²) in [5, 5.41) is 12.4. The van der Waals surface area contributed by atoms with Crippen molar-refractivity contribution in [3.8, 4) is 5.75 Å². The second-order valence-corrected chi connectivity index (χ2v) is 4.02. The molecule has 0 unspecified atom stereocenters. The van der Waals surface area contributed by atoms with Crippen LogP contribution >= 0.6 is 0 Å². The van der Waals surface area contributed by atoms with Crippen LogP contribution in [0.3, 0.4) is 0 Å². The maximum Gasteiger partial charge on any atom is 0.208 e. The number of aromatic nitrogens is 1. The van der Waals surface area contributed by atoms with Gasteiger partial charge >= 0.3 is 0 Å². The lowest BCUT2D eigenvalue weighted by molar-refractivity contribution is 0.448. The molecule has 0 bridgehead atoms. The minimum atomic E-state index is 0.285. The third-order valence-electron chi connectivity index (χ3n) is 2.61. The van der Waals surface area contributed by atoms with Crippen molar-refractivity contribution in [2.24, 2.45) is 0 Å². The summed E-state index contributed by atoms with van der Waals surface area (Å²) in [6.07, 6.45) is 0. The van der Waals surface area contributed by atoms with E-state index in [1.165, 1.54) is 0 Å². The molecule has 0 aliphatic rings. The molecule has 1 aromatic heterocycles. The fourth-order valence-corrected chi connectivity index (χ4v) is 1.54. The van der Waals surface area contributed by atoms with E-state index < -0.39 is 0 Å². The normalized spacial score (nSPS) is 10.7. The molecule has 2 rings (SSSR count). The molecule has 1 heterocycles. The highest BCUT2D eigenvalue weighted by Gasteiger charge is 2.04. The summed E-state index contributed by atoms with van der Waals surface area (Å²) < 4.78 is 5.46. The van der Waals surface area contributed by atoms with Gasteiger partial charge in [-0.2, -0.15) is 0 Å². The van der Waals surface area contributed by atoms with E-state index in [0.717, 1.165) is 23.6 Å². The molecule has 0 aliphatic carbocycles. The molecule has 0 saturated heterocycles. The second-order valence-electron chi connectivity index (χ2n) is 4.02. The molecule has 4 heteroatoms. The van der Waals surface area contributed by atoms with Crippen LogP contribution in [-0.2, 0) is 13.1 Å². The van der Waals surface area contributed by atoms with E-state index in [1.807, 2.05) is 26.0 Å². The van der Waals surface area contributed by atoms with Gasteiger partial charge in [0.1, 0.15) is 11.5 Å². The fraction of sp³-hybridized carbons (Fsp3) is 0.308. The number of phenols is 1. The van der Waals surface area contributed by atoms with Crippen LogP contribution in [0.15, 0.2) is 28.7 Å². The number of oxazole rings is 1. The second kappa shape index (κ2) is 5.01. The van der Waals surface area contributed by atoms with Crippen LogP contribution in [0.5, 0.6) is 5.75 Å². The Hall–Kier alpha value is -1.81. The summed E-state index contributed by atoms with van der Waals surface area (Å²) in [7, 11) is 0. The van der Waals surface area contributed by atoms with E-state index in [9.17, 15) is 0 Å². The first-order valence-electron chi connectivity index (χ1n) is 5.56. The van der Waals surface area contributed by atoms with Gasteiger partial charge in [-0.3, -0.25) is 0 Å². The standard InChI is InChI=1S/C13H16N2O2/c1-9-10(2)17-13(15-9)8-14-7-11-3-5-12(16)6-4-11/h3-6,14,16H,7-8H2,1-2H3. The van der Waals surface area contributed by atoms with E-state index in [2.05, 4.69) is 10.3 Å². The number of aryl methyl sites for hydroxylation is 2. The zero-order chi connectivity index (χ0) is 12.3. The van der Waals surface area contributed by atoms with Gasteiger partial charge in [0.05, 0.1) is 12.2 Å². The Kier molecular flexibility index (Phi) is 3.44. The number of hydrogen-bond acceptors (Lipinski definition) is 4. The Balaban J connectivity index is 1.85. The SMILES string of the molecule is Cc1nc(CNCc2ccc(O)cc2)oc1C. The van der Waals surface area contributed by atoms with Crippen molar-refractivity contribution in [2.45, 2.75) is 26.9 Å². The average molecular weight is 232 g/mol. The number of benzene rings is 1. The molecular weight excluding hydrogens is 216 g/mol. The molecule has 17 heavy (non-hydrogen) atoms. The van der Waals surface area contributed by atoms with Gasteiger partial charge in [0.25, 0.3) is 0 Å². The van der Waals surface area contributed by atoms with Gasteiger partial charge in [0.2, 0.25) is 5.89 Å². The van der Waals surface area contributed by atoms with Gasteiger partial charge in [0, 0.05) is 6.54 Å². The Morgan fingerprint density at radius 2 is 1.88 bits per heavy atom. The lowest BCUT2D eigenvalue weighted by atomic mass is 10.2. The summed E-state index contributed by atoms with van der Waals surface area (Å²) in [5.74, 6) is 1.86. The molecule has 0 amide bonds. The van der Waals surface area contributed by atoms with Crippen molar-refractivity contribution < 1.29 is 9.52 Å². The zero-order valence-electron chi connectivity index (χ0n) is 10.0. The topological polar surface area (TPSA) is 58.3 Å². The van der Waals surface area contributed by atoms with Crippen molar-refractivity contribution >= 4 is 0 Å². The van der Waals surface area contributed by atoms with Crippen molar-refractivity contribution in [1.82, 2.24) is 10.3 Å². The monoisotopic (exact) mass is 232 g/mol. The van der Waals surface area contributed by atoms with Crippen LogP contribution in [0.1, 0.15) is 22.9 Å². The first-order chi connectivity index (χ1) is 8.15. The number of hydrogen-bond donors (Lipinski definition) is 2. The summed E-state index contributed by atoms with van der Waals surface area (Å²) in [6, 6.07) is 7.12. The molecule has 4 nitrogen and oxygen atoms in total. The summed E-state index contributed by atoms with van der Waals surface area (Å²) >= 11 is 0. The minimum absolute atomic E-state index is 0.285. The Morgan fingerprint density at radius 3 is 2.47 bits per heavy atom. The van der Waals surface area contributed by atoms with Gasteiger partial charge in [-0.1, -0.05) is 12.1 Å². The van der Waals surface area contributed by atoms with E-state index in [4.69, 9.17) is 9.52 Å². The predicted molar refractivity (Wildman–Crippen MR) is 64.6 cm³/mol. The fourth-order valence-electron chi connectivity index (χ4n) is 1.54. The maximum absolute atomic E-state index is 9.15. The molecule has 2 aromatic rings. The number of nitrogens with one attached hydrogen (secondary N) is 1. The van der Waals surface area contributed by atoms with E-state index in [0.29, 0.717) is 12.4 Å². The third-order valence-corrected chi connectivity index (χ3v) is 2.61. The molecular formula is C13H16N2O2. The van der Waals surface area contributed by atoms with Gasteiger partial charge in [0.15, 0.2) is 0 Å². The summed E-state index contributed by atoms with van der Waals surface area (Å²) in [6.45, 7) is 5.17. The van der Waals surface area contributed by atoms with E-state index in [-0.39, 0.29) is 5.75 Å². The van der Waals surface area contributed by atoms with Gasteiger partial charge in [-0.25, -0.2) is 4.98 Å². The lowest BCUT2D eigenvalue weighted by Gasteiger charge is -2.02. The Labute approximate surface area is 100 Å². The molecule has 0 fully saturated rings. The Bertz CT molecular complexity index is 469. The van der Waals surface area contributed by atoms with Crippen molar-refractivity contribution in [2.75, 3.05) is 0 Å². The first kappa shape index (κ1) is 11.7. The molecule has 0 atom stereocenters. The van der Waals surface area contributed by atoms with Crippen LogP contribution in [0.25, 0.3) is 0 Å². The van der Waals surface area contributed by atoms with Gasteiger partial charge in [-0.05, 0) is 31.5 Å². The quantitative estimate of drug-likeness (QED) is 0.849. The first-order valence-corrected chi connectivity index (χ1v) is 5.56.